The third kappa shape index (κ3) is 2.96. The molecule has 2 aromatic heterocycles. The van der Waals surface area contributed by atoms with Gasteiger partial charge in [-0.3, -0.25) is 4.90 Å². The Balaban J connectivity index is 1.40. The van der Waals surface area contributed by atoms with Crippen molar-refractivity contribution in [2.45, 2.75) is 25.9 Å². The van der Waals surface area contributed by atoms with Gasteiger partial charge in [-0.2, -0.15) is 5.10 Å². The Labute approximate surface area is 139 Å². The van der Waals surface area contributed by atoms with Gasteiger partial charge in [0.05, 0.1) is 10.4 Å². The highest BCUT2D eigenvalue weighted by Gasteiger charge is 2.23. The highest BCUT2D eigenvalue weighted by molar-refractivity contribution is 7.22. The van der Waals surface area contributed by atoms with E-state index < -0.39 is 0 Å². The number of thiazole rings is 1. The minimum atomic E-state index is 0.479. The Morgan fingerprint density at radius 1 is 1.30 bits per heavy atom. The normalized spacial score (nSPS) is 18.8. The van der Waals surface area contributed by atoms with E-state index in [4.69, 9.17) is 4.98 Å². The molecule has 0 saturated carbocycles. The van der Waals surface area contributed by atoms with E-state index in [1.165, 1.54) is 16.7 Å². The van der Waals surface area contributed by atoms with Crippen LogP contribution < -0.4 is 5.32 Å². The summed E-state index contributed by atoms with van der Waals surface area (Å²) in [7, 11) is 1.95. The van der Waals surface area contributed by atoms with Gasteiger partial charge in [-0.1, -0.05) is 41.7 Å². The number of aryl methyl sites for hydroxylation is 2. The SMILES string of the molecule is Cc1nn(C)c2nc(NC3CCN(Cc4ccccc4)C3)sc12. The fourth-order valence-corrected chi connectivity index (χ4v) is 4.27. The maximum absolute atomic E-state index is 4.69. The molecule has 120 valence electrons. The molecule has 0 radical (unpaired) electrons. The second kappa shape index (κ2) is 5.94. The van der Waals surface area contributed by atoms with Gasteiger partial charge in [0.15, 0.2) is 10.8 Å². The molecule has 1 N–H and O–H groups in total. The van der Waals surface area contributed by atoms with Crippen molar-refractivity contribution in [3.8, 4) is 0 Å². The lowest BCUT2D eigenvalue weighted by atomic mass is 10.2. The Kier molecular flexibility index (Phi) is 3.79. The minimum Gasteiger partial charge on any atom is -0.357 e. The molecule has 0 bridgehead atoms. The van der Waals surface area contributed by atoms with Crippen molar-refractivity contribution in [3.63, 3.8) is 0 Å². The first-order chi connectivity index (χ1) is 11.2. The number of likely N-dealkylation sites (tertiary alicyclic amines) is 1. The summed E-state index contributed by atoms with van der Waals surface area (Å²) in [6.45, 7) is 5.28. The summed E-state index contributed by atoms with van der Waals surface area (Å²) < 4.78 is 3.05. The summed E-state index contributed by atoms with van der Waals surface area (Å²) in [6.07, 6.45) is 1.17. The maximum Gasteiger partial charge on any atom is 0.185 e. The molecule has 3 aromatic rings. The average Bonchev–Trinajstić information content (AvgIpc) is 3.21. The highest BCUT2D eigenvalue weighted by atomic mass is 32.1. The van der Waals surface area contributed by atoms with Gasteiger partial charge in [0, 0.05) is 32.7 Å². The van der Waals surface area contributed by atoms with Crippen LogP contribution in [0.3, 0.4) is 0 Å². The Hall–Kier alpha value is -1.92. The lowest BCUT2D eigenvalue weighted by Gasteiger charge is -2.16. The van der Waals surface area contributed by atoms with E-state index in [0.717, 1.165) is 36.1 Å². The van der Waals surface area contributed by atoms with Crippen LogP contribution in [0, 0.1) is 6.92 Å². The van der Waals surface area contributed by atoms with E-state index in [1.54, 1.807) is 11.3 Å². The monoisotopic (exact) mass is 327 g/mol. The van der Waals surface area contributed by atoms with E-state index in [-0.39, 0.29) is 0 Å². The van der Waals surface area contributed by atoms with Crippen LogP contribution in [-0.4, -0.2) is 38.8 Å². The van der Waals surface area contributed by atoms with Crippen molar-refractivity contribution in [1.29, 1.82) is 0 Å². The van der Waals surface area contributed by atoms with Crippen LogP contribution in [0.5, 0.6) is 0 Å². The fourth-order valence-electron chi connectivity index (χ4n) is 3.26. The average molecular weight is 327 g/mol. The largest absolute Gasteiger partial charge is 0.357 e. The second-order valence-electron chi connectivity index (χ2n) is 6.23. The number of nitrogens with one attached hydrogen (secondary N) is 1. The molecule has 1 fully saturated rings. The van der Waals surface area contributed by atoms with Gasteiger partial charge in [0.1, 0.15) is 0 Å². The van der Waals surface area contributed by atoms with Gasteiger partial charge in [-0.05, 0) is 18.9 Å². The van der Waals surface area contributed by atoms with Crippen LogP contribution in [0.15, 0.2) is 30.3 Å². The number of benzene rings is 1. The summed E-state index contributed by atoms with van der Waals surface area (Å²) >= 11 is 1.71. The van der Waals surface area contributed by atoms with Gasteiger partial charge in [-0.25, -0.2) is 9.67 Å². The van der Waals surface area contributed by atoms with Gasteiger partial charge in [0.2, 0.25) is 0 Å². The smallest absolute Gasteiger partial charge is 0.185 e. The van der Waals surface area contributed by atoms with Crippen molar-refractivity contribution < 1.29 is 0 Å². The molecule has 0 spiro atoms. The van der Waals surface area contributed by atoms with Crippen molar-refractivity contribution in [3.05, 3.63) is 41.6 Å². The zero-order chi connectivity index (χ0) is 15.8. The van der Waals surface area contributed by atoms with E-state index >= 15 is 0 Å². The van der Waals surface area contributed by atoms with Crippen molar-refractivity contribution in [2.24, 2.45) is 7.05 Å². The first-order valence-electron chi connectivity index (χ1n) is 8.02. The summed E-state index contributed by atoms with van der Waals surface area (Å²) in [6, 6.07) is 11.2. The Morgan fingerprint density at radius 2 is 2.13 bits per heavy atom. The summed E-state index contributed by atoms with van der Waals surface area (Å²) in [5.74, 6) is 0. The van der Waals surface area contributed by atoms with Crippen LogP contribution in [0.4, 0.5) is 5.13 Å². The van der Waals surface area contributed by atoms with Gasteiger partial charge < -0.3 is 5.32 Å². The zero-order valence-corrected chi connectivity index (χ0v) is 14.3. The summed E-state index contributed by atoms with van der Waals surface area (Å²) in [5.41, 5.74) is 3.43. The van der Waals surface area contributed by atoms with Gasteiger partial charge >= 0.3 is 0 Å². The van der Waals surface area contributed by atoms with Gasteiger partial charge in [-0.15, -0.1) is 0 Å². The van der Waals surface area contributed by atoms with E-state index in [2.05, 4.69) is 45.6 Å². The molecule has 6 heteroatoms. The molecule has 5 nitrogen and oxygen atoms in total. The Bertz CT molecular complexity index is 773. The number of fused-ring (bicyclic) bond motifs is 1. The summed E-state index contributed by atoms with van der Waals surface area (Å²) in [5, 5.41) is 9.04. The molecule has 0 amide bonds. The zero-order valence-electron chi connectivity index (χ0n) is 13.5. The fraction of sp³-hybridized carbons (Fsp3) is 0.412. The number of nitrogens with zero attached hydrogens (tertiary/aromatic N) is 4. The molecule has 1 aliphatic heterocycles. The quantitative estimate of drug-likeness (QED) is 0.800. The third-order valence-electron chi connectivity index (χ3n) is 4.39. The molecule has 3 heterocycles. The van der Waals surface area contributed by atoms with E-state index in [1.807, 2.05) is 18.7 Å². The lowest BCUT2D eigenvalue weighted by molar-refractivity contribution is 0.328. The molecule has 1 atom stereocenters. The van der Waals surface area contributed by atoms with Crippen LogP contribution >= 0.6 is 11.3 Å². The predicted octanol–water partition coefficient (Wildman–Crippen LogP) is 3.02. The van der Waals surface area contributed by atoms with E-state index in [0.29, 0.717) is 6.04 Å². The van der Waals surface area contributed by atoms with E-state index in [9.17, 15) is 0 Å². The second-order valence-corrected chi connectivity index (χ2v) is 7.23. The number of hydrogen-bond donors (Lipinski definition) is 1. The number of rotatable bonds is 4. The first kappa shape index (κ1) is 14.7. The topological polar surface area (TPSA) is 46.0 Å². The molecular formula is C17H21N5S. The molecule has 1 unspecified atom stereocenters. The number of hydrogen-bond acceptors (Lipinski definition) is 5. The Morgan fingerprint density at radius 3 is 2.91 bits per heavy atom. The molecule has 1 saturated heterocycles. The van der Waals surface area contributed by atoms with Crippen molar-refractivity contribution in [1.82, 2.24) is 19.7 Å². The third-order valence-corrected chi connectivity index (χ3v) is 5.48. The van der Waals surface area contributed by atoms with Crippen LogP contribution in [0.1, 0.15) is 17.7 Å². The standard InChI is InChI=1S/C17H21N5S/c1-12-15-16(21(2)20-12)19-17(23-15)18-14-8-9-22(11-14)10-13-6-4-3-5-7-13/h3-7,14H,8-11H2,1-2H3,(H,18,19). The number of anilines is 1. The maximum atomic E-state index is 4.69. The van der Waals surface area contributed by atoms with Crippen LogP contribution in [-0.2, 0) is 13.6 Å². The van der Waals surface area contributed by atoms with Gasteiger partial charge in [0.25, 0.3) is 0 Å². The molecule has 1 aliphatic rings. The molecular weight excluding hydrogens is 306 g/mol. The van der Waals surface area contributed by atoms with Crippen molar-refractivity contribution in [2.75, 3.05) is 18.4 Å². The highest BCUT2D eigenvalue weighted by Crippen LogP contribution is 2.29. The van der Waals surface area contributed by atoms with Crippen LogP contribution in [0.25, 0.3) is 10.3 Å². The summed E-state index contributed by atoms with van der Waals surface area (Å²) in [4.78, 5) is 7.20. The number of aromatic nitrogens is 3. The molecule has 23 heavy (non-hydrogen) atoms. The lowest BCUT2D eigenvalue weighted by Crippen LogP contribution is -2.25. The van der Waals surface area contributed by atoms with Crippen molar-refractivity contribution >= 4 is 26.8 Å². The first-order valence-corrected chi connectivity index (χ1v) is 8.83. The molecule has 0 aliphatic carbocycles. The molecule has 4 rings (SSSR count). The van der Waals surface area contributed by atoms with Crippen LogP contribution in [0.2, 0.25) is 0 Å². The minimum absolute atomic E-state index is 0.479. The molecule has 1 aromatic carbocycles. The predicted molar refractivity (Wildman–Crippen MR) is 94.9 cm³/mol.